The molecule has 15 nitrogen and oxygen atoms in total. The topological polar surface area (TPSA) is 181 Å². The molecule has 7 rings (SSSR count). The Hall–Kier alpha value is -7.08. The normalized spacial score (nSPS) is 17.1. The van der Waals surface area contributed by atoms with Crippen molar-refractivity contribution in [2.75, 3.05) is 48.1 Å². The number of ether oxygens (including phenoxy) is 2. The Labute approximate surface area is 425 Å². The number of likely N-dealkylation sites (N-methyl/N-ethyl adjacent to an activating group) is 1. The van der Waals surface area contributed by atoms with Crippen LogP contribution < -0.4 is 34.8 Å². The molecule has 0 spiro atoms. The SMILES string of the molecule is Cc1ncsc1-c1ccc(CNC(=O)C2C[C@@H](O)CN2C(=O)[C@@H](NC(=O)CN(C)c2ccc(OCCOc3ccc(N4C(=S)N(c5ccc(C#N)c(C(F)(F)F)c5)C(=O)C4(C)C)cc3)cc2)C(C)(C)C)cc1. The monoisotopic (exact) mass is 1020 g/mol. The number of aliphatic hydroxyl groups excluding tert-OH is 1. The number of aromatic nitrogens is 1. The highest BCUT2D eigenvalue weighted by molar-refractivity contribution is 7.81. The van der Waals surface area contributed by atoms with E-state index in [1.54, 1.807) is 102 Å². The van der Waals surface area contributed by atoms with E-state index >= 15 is 0 Å². The molecule has 0 aliphatic carbocycles. The van der Waals surface area contributed by atoms with Crippen LogP contribution in [0.25, 0.3) is 10.4 Å². The minimum absolute atomic E-state index is 0.0268. The van der Waals surface area contributed by atoms with Gasteiger partial charge in [-0.1, -0.05) is 45.0 Å². The summed E-state index contributed by atoms with van der Waals surface area (Å²) in [5.74, 6) is -0.773. The summed E-state index contributed by atoms with van der Waals surface area (Å²) in [4.78, 5) is 65.8. The maximum atomic E-state index is 14.2. The first-order valence-electron chi connectivity index (χ1n) is 23.0. The number of carbonyl (C=O) groups is 4. The standard InChI is InChI=1S/C52H55F3N8O7S2/c1-31-44(72-30-58-31)33-10-8-32(9-11-33)27-57-46(66)42-25-38(64)28-61(42)47(67)45(50(2,3)4)59-43(65)29-60(7)35-14-18-39(19-15-35)69-22-23-70-40-20-16-36(17-21-40)63-49(71)62(48(68)51(63,5)6)37-13-12-34(26-56)41(24-37)52(53,54)55/h8-21,24,30,38,42,45,64H,22-23,25,27-29H2,1-7H3,(H,57,66)(H,59,65)/t38-,42?,45-/m1/s1. The molecule has 2 aliphatic heterocycles. The van der Waals surface area contributed by atoms with Crippen molar-refractivity contribution in [1.29, 1.82) is 5.26 Å². The molecule has 378 valence electrons. The molecule has 1 unspecified atom stereocenters. The van der Waals surface area contributed by atoms with Gasteiger partial charge in [0.1, 0.15) is 42.3 Å². The minimum Gasteiger partial charge on any atom is -0.490 e. The summed E-state index contributed by atoms with van der Waals surface area (Å²) >= 11 is 7.19. The van der Waals surface area contributed by atoms with Crippen LogP contribution in [0.4, 0.5) is 30.2 Å². The summed E-state index contributed by atoms with van der Waals surface area (Å²) < 4.78 is 53.0. The number of anilines is 3. The number of likely N-dealkylation sites (tertiary alicyclic amines) is 1. The fraction of sp³-hybridized carbons (Fsp3) is 0.365. The highest BCUT2D eigenvalue weighted by Gasteiger charge is 2.51. The largest absolute Gasteiger partial charge is 0.490 e. The number of thiocarbonyl (C=S) groups is 1. The van der Waals surface area contributed by atoms with E-state index in [0.29, 0.717) is 22.9 Å². The first kappa shape index (κ1) is 52.7. The number of hydrogen-bond donors (Lipinski definition) is 3. The second-order valence-electron chi connectivity index (χ2n) is 19.1. The quantitative estimate of drug-likeness (QED) is 0.0651. The van der Waals surface area contributed by atoms with Crippen LogP contribution in [0.5, 0.6) is 11.5 Å². The van der Waals surface area contributed by atoms with Crippen LogP contribution in [0.1, 0.15) is 63.4 Å². The molecule has 0 bridgehead atoms. The van der Waals surface area contributed by atoms with Crippen LogP contribution in [-0.2, 0) is 31.9 Å². The molecule has 5 aromatic rings. The Kier molecular flexibility index (Phi) is 15.6. The molecule has 3 N–H and O–H groups in total. The van der Waals surface area contributed by atoms with Crippen molar-refractivity contribution in [3.05, 3.63) is 119 Å². The van der Waals surface area contributed by atoms with Gasteiger partial charge in [-0.15, -0.1) is 11.3 Å². The van der Waals surface area contributed by atoms with Crippen LogP contribution in [-0.4, -0.2) is 101 Å². The zero-order valence-electron chi connectivity index (χ0n) is 40.7. The second kappa shape index (κ2) is 21.3. The molecule has 0 radical (unpaired) electrons. The van der Waals surface area contributed by atoms with E-state index in [2.05, 4.69) is 15.6 Å². The maximum Gasteiger partial charge on any atom is 0.417 e. The van der Waals surface area contributed by atoms with Crippen LogP contribution >= 0.6 is 23.6 Å². The molecule has 2 saturated heterocycles. The number of aryl methyl sites for hydroxylation is 1. The highest BCUT2D eigenvalue weighted by Crippen LogP contribution is 2.40. The molecule has 20 heteroatoms. The number of thiazole rings is 1. The van der Waals surface area contributed by atoms with Crippen LogP contribution in [0.2, 0.25) is 0 Å². The Morgan fingerprint density at radius 3 is 2.15 bits per heavy atom. The molecule has 3 atom stereocenters. The minimum atomic E-state index is -4.82. The number of nitrogens with one attached hydrogen (secondary N) is 2. The van der Waals surface area contributed by atoms with Crippen molar-refractivity contribution < 1.29 is 46.9 Å². The summed E-state index contributed by atoms with van der Waals surface area (Å²) in [7, 11) is 1.74. The van der Waals surface area contributed by atoms with Gasteiger partial charge in [0.05, 0.1) is 51.6 Å². The third-order valence-corrected chi connectivity index (χ3v) is 13.8. The second-order valence-corrected chi connectivity index (χ2v) is 20.4. The lowest BCUT2D eigenvalue weighted by molar-refractivity contribution is -0.143. The molecule has 2 aliphatic rings. The molecule has 72 heavy (non-hydrogen) atoms. The van der Waals surface area contributed by atoms with Crippen molar-refractivity contribution in [1.82, 2.24) is 20.5 Å². The fourth-order valence-corrected chi connectivity index (χ4v) is 9.89. The van der Waals surface area contributed by atoms with Gasteiger partial charge in [-0.3, -0.25) is 24.1 Å². The Morgan fingerprint density at radius 2 is 1.58 bits per heavy atom. The average Bonchev–Trinajstić information content (AvgIpc) is 4.00. The van der Waals surface area contributed by atoms with Gasteiger partial charge in [0, 0.05) is 37.9 Å². The van der Waals surface area contributed by atoms with E-state index in [9.17, 15) is 42.7 Å². The van der Waals surface area contributed by atoms with Crippen LogP contribution in [0.3, 0.4) is 0 Å². The van der Waals surface area contributed by atoms with Gasteiger partial charge >= 0.3 is 6.18 Å². The summed E-state index contributed by atoms with van der Waals surface area (Å²) in [6, 6.07) is 24.2. The van der Waals surface area contributed by atoms with E-state index in [1.807, 2.05) is 52.0 Å². The lowest BCUT2D eigenvalue weighted by Crippen LogP contribution is -2.58. The van der Waals surface area contributed by atoms with Crippen molar-refractivity contribution in [3.8, 4) is 28.0 Å². The van der Waals surface area contributed by atoms with Gasteiger partial charge in [0.2, 0.25) is 17.7 Å². The van der Waals surface area contributed by atoms with Crippen LogP contribution in [0, 0.1) is 23.7 Å². The number of alkyl halides is 3. The summed E-state index contributed by atoms with van der Waals surface area (Å²) in [5.41, 5.74) is 2.04. The third-order valence-electron chi connectivity index (χ3n) is 12.4. The van der Waals surface area contributed by atoms with Crippen molar-refractivity contribution in [3.63, 3.8) is 0 Å². The first-order valence-corrected chi connectivity index (χ1v) is 24.3. The zero-order valence-corrected chi connectivity index (χ0v) is 42.4. The van der Waals surface area contributed by atoms with E-state index in [1.165, 1.54) is 11.0 Å². The molecular formula is C52H55F3N8O7S2. The van der Waals surface area contributed by atoms with Gasteiger partial charge in [-0.25, -0.2) is 4.98 Å². The van der Waals surface area contributed by atoms with E-state index in [4.69, 9.17) is 21.7 Å². The zero-order chi connectivity index (χ0) is 52.3. The number of β-amino-alcohol motifs (C(OH)–C–C–N with tert-alkyl or cyclic N) is 1. The number of benzene rings is 4. The Morgan fingerprint density at radius 1 is 0.972 bits per heavy atom. The average molecular weight is 1030 g/mol. The van der Waals surface area contributed by atoms with Gasteiger partial charge in [0.25, 0.3) is 5.91 Å². The predicted molar refractivity (Wildman–Crippen MR) is 272 cm³/mol. The molecule has 2 fully saturated rings. The lowest BCUT2D eigenvalue weighted by Gasteiger charge is -2.35. The molecule has 3 heterocycles. The van der Waals surface area contributed by atoms with E-state index < -0.39 is 70.1 Å². The van der Waals surface area contributed by atoms with Crippen molar-refractivity contribution in [2.45, 2.75) is 84.4 Å². The number of aliphatic hydroxyl groups is 1. The number of halogens is 3. The van der Waals surface area contributed by atoms with Crippen molar-refractivity contribution >= 4 is 69.4 Å². The molecule has 1 aromatic heterocycles. The Balaban J connectivity index is 0.879. The molecule has 4 aromatic carbocycles. The molecule has 4 amide bonds. The smallest absolute Gasteiger partial charge is 0.417 e. The predicted octanol–water partition coefficient (Wildman–Crippen LogP) is 7.63. The number of carbonyl (C=O) groups excluding carboxylic acids is 4. The number of rotatable bonds is 16. The van der Waals surface area contributed by atoms with E-state index in [0.717, 1.165) is 38.7 Å². The first-order chi connectivity index (χ1) is 34.0. The summed E-state index contributed by atoms with van der Waals surface area (Å²) in [6.07, 6.45) is -5.65. The van der Waals surface area contributed by atoms with Gasteiger partial charge in [0.15, 0.2) is 5.11 Å². The number of amides is 4. The lowest BCUT2D eigenvalue weighted by atomic mass is 9.85. The van der Waals surface area contributed by atoms with Crippen LogP contribution in [0.15, 0.2) is 96.5 Å². The Bertz CT molecular complexity index is 2860. The summed E-state index contributed by atoms with van der Waals surface area (Å²) in [5, 5.41) is 25.7. The van der Waals surface area contributed by atoms with Gasteiger partial charge in [-0.2, -0.15) is 18.4 Å². The third kappa shape index (κ3) is 11.6. The number of hydrogen-bond acceptors (Lipinski definition) is 12. The van der Waals surface area contributed by atoms with E-state index in [-0.39, 0.29) is 50.1 Å². The maximum absolute atomic E-state index is 14.2. The van der Waals surface area contributed by atoms with Gasteiger partial charge < -0.3 is 39.9 Å². The summed E-state index contributed by atoms with van der Waals surface area (Å²) in [6.45, 7) is 11.1. The highest BCUT2D eigenvalue weighted by atomic mass is 32.1. The number of nitrogens with zero attached hydrogens (tertiary/aromatic N) is 6. The fourth-order valence-electron chi connectivity index (χ4n) is 8.56. The van der Waals surface area contributed by atoms with Gasteiger partial charge in [-0.05, 0) is 116 Å². The molecular weight excluding hydrogens is 970 g/mol. The molecule has 0 saturated carbocycles. The number of nitriles is 1. The van der Waals surface area contributed by atoms with Crippen molar-refractivity contribution in [2.24, 2.45) is 5.41 Å².